The summed E-state index contributed by atoms with van der Waals surface area (Å²) < 4.78 is 11.0. The van der Waals surface area contributed by atoms with Gasteiger partial charge in [0.25, 0.3) is 0 Å². The Morgan fingerprint density at radius 2 is 2.12 bits per heavy atom. The molecule has 1 N–H and O–H groups in total. The molecule has 0 atom stereocenters. The number of halogens is 1. The van der Waals surface area contributed by atoms with Crippen LogP contribution in [0.25, 0.3) is 0 Å². The summed E-state index contributed by atoms with van der Waals surface area (Å²) in [6, 6.07) is 0. The van der Waals surface area contributed by atoms with Crippen LogP contribution in [-0.4, -0.2) is 63.5 Å². The summed E-state index contributed by atoms with van der Waals surface area (Å²) in [5.41, 5.74) is 1.60. The summed E-state index contributed by atoms with van der Waals surface area (Å²) in [5.74, 6) is 1.08. The van der Waals surface area contributed by atoms with Crippen LogP contribution in [0.2, 0.25) is 0 Å². The van der Waals surface area contributed by atoms with Gasteiger partial charge in [-0.15, -0.1) is 24.0 Å². The van der Waals surface area contributed by atoms with Gasteiger partial charge < -0.3 is 19.7 Å². The Balaban J connectivity index is 0.00000312. The molecule has 0 radical (unpaired) electrons. The van der Waals surface area contributed by atoms with Crippen molar-refractivity contribution < 1.29 is 9.47 Å². The van der Waals surface area contributed by atoms with Gasteiger partial charge >= 0.3 is 0 Å². The minimum atomic E-state index is 0. The summed E-state index contributed by atoms with van der Waals surface area (Å²) in [6.07, 6.45) is 10.9. The van der Waals surface area contributed by atoms with Crippen LogP contribution in [-0.2, 0) is 9.47 Å². The average Bonchev–Trinajstić information content (AvgIpc) is 3.12. The number of ether oxygens (including phenoxy) is 2. The lowest BCUT2D eigenvalue weighted by molar-refractivity contribution is 0.00991. The first kappa shape index (κ1) is 22.7. The first-order chi connectivity index (χ1) is 11.8. The molecule has 0 aromatic carbocycles. The SMILES string of the molecule is CCNC(=NCCC1=CCCC1)N1CCC(OCCCOC)CC1.I. The highest BCUT2D eigenvalue weighted by Gasteiger charge is 2.21. The minimum absolute atomic E-state index is 0. The number of aliphatic imine (C=N–C) groups is 1. The van der Waals surface area contributed by atoms with E-state index < -0.39 is 0 Å². The van der Waals surface area contributed by atoms with Crippen molar-refractivity contribution in [3.05, 3.63) is 11.6 Å². The van der Waals surface area contributed by atoms with Gasteiger partial charge in [0.2, 0.25) is 0 Å². The molecule has 0 bridgehead atoms. The van der Waals surface area contributed by atoms with Crippen molar-refractivity contribution in [1.82, 2.24) is 10.2 Å². The van der Waals surface area contributed by atoms with Crippen molar-refractivity contribution in [1.29, 1.82) is 0 Å². The molecule has 1 heterocycles. The second kappa shape index (κ2) is 13.8. The van der Waals surface area contributed by atoms with Crippen molar-refractivity contribution in [2.24, 2.45) is 4.99 Å². The zero-order valence-corrected chi connectivity index (χ0v) is 18.3. The van der Waals surface area contributed by atoms with E-state index in [1.807, 2.05) is 0 Å². The molecule has 2 rings (SSSR count). The Hall–Kier alpha value is -0.340. The number of allylic oxidation sites excluding steroid dienone is 1. The summed E-state index contributed by atoms with van der Waals surface area (Å²) in [6.45, 7) is 7.62. The quantitative estimate of drug-likeness (QED) is 0.186. The zero-order valence-electron chi connectivity index (χ0n) is 16.0. The summed E-state index contributed by atoms with van der Waals surface area (Å²) in [7, 11) is 1.74. The average molecular weight is 465 g/mol. The molecule has 0 aromatic heterocycles. The van der Waals surface area contributed by atoms with Gasteiger partial charge in [0.15, 0.2) is 5.96 Å². The Kier molecular flexibility index (Phi) is 12.5. The Bertz CT molecular complexity index is 407. The molecule has 0 aromatic rings. The third-order valence-electron chi connectivity index (χ3n) is 4.75. The first-order valence-electron chi connectivity index (χ1n) is 9.65. The van der Waals surface area contributed by atoms with E-state index in [0.717, 1.165) is 71.0 Å². The number of hydrogen-bond donors (Lipinski definition) is 1. The fraction of sp³-hybridized carbons (Fsp3) is 0.842. The highest BCUT2D eigenvalue weighted by molar-refractivity contribution is 14.0. The second-order valence-electron chi connectivity index (χ2n) is 6.64. The molecular formula is C19H36IN3O2. The lowest BCUT2D eigenvalue weighted by atomic mass is 10.1. The standard InChI is InChI=1S/C19H35N3O2.HI/c1-3-20-19(21-12-9-17-7-4-5-8-17)22-13-10-18(11-14-22)24-16-6-15-23-2;/h7,18H,3-6,8-16H2,1-2H3,(H,20,21);1H. The fourth-order valence-electron chi connectivity index (χ4n) is 3.38. The largest absolute Gasteiger partial charge is 0.385 e. The van der Waals surface area contributed by atoms with Crippen molar-refractivity contribution in [3.8, 4) is 0 Å². The predicted octanol–water partition coefficient (Wildman–Crippen LogP) is 3.59. The number of piperidine rings is 1. The van der Waals surface area contributed by atoms with E-state index in [1.165, 1.54) is 19.3 Å². The monoisotopic (exact) mass is 465 g/mol. The van der Waals surface area contributed by atoms with Crippen LogP contribution in [0.15, 0.2) is 16.6 Å². The number of nitrogens with zero attached hydrogens (tertiary/aromatic N) is 2. The van der Waals surface area contributed by atoms with E-state index in [2.05, 4.69) is 23.2 Å². The van der Waals surface area contributed by atoms with Crippen LogP contribution >= 0.6 is 24.0 Å². The van der Waals surface area contributed by atoms with Gasteiger partial charge in [-0.25, -0.2) is 0 Å². The van der Waals surface area contributed by atoms with Crippen LogP contribution in [0.4, 0.5) is 0 Å². The number of guanidine groups is 1. The van der Waals surface area contributed by atoms with E-state index in [-0.39, 0.29) is 24.0 Å². The predicted molar refractivity (Wildman–Crippen MR) is 115 cm³/mol. The van der Waals surface area contributed by atoms with Crippen molar-refractivity contribution in [3.63, 3.8) is 0 Å². The molecule has 6 heteroatoms. The van der Waals surface area contributed by atoms with Crippen LogP contribution in [0, 0.1) is 0 Å². The number of likely N-dealkylation sites (tertiary alicyclic amines) is 1. The Labute approximate surface area is 170 Å². The molecule has 1 saturated heterocycles. The molecule has 0 unspecified atom stereocenters. The molecule has 2 aliphatic rings. The number of nitrogens with one attached hydrogen (secondary N) is 1. The maximum absolute atomic E-state index is 5.95. The second-order valence-corrected chi connectivity index (χ2v) is 6.64. The lowest BCUT2D eigenvalue weighted by Crippen LogP contribution is -2.47. The van der Waals surface area contributed by atoms with Crippen molar-refractivity contribution in [2.45, 2.75) is 58.0 Å². The van der Waals surface area contributed by atoms with Crippen molar-refractivity contribution in [2.75, 3.05) is 46.5 Å². The van der Waals surface area contributed by atoms with Gasteiger partial charge in [-0.05, 0) is 51.9 Å². The van der Waals surface area contributed by atoms with Crippen LogP contribution in [0.1, 0.15) is 51.9 Å². The Morgan fingerprint density at radius 1 is 1.32 bits per heavy atom. The third-order valence-corrected chi connectivity index (χ3v) is 4.75. The maximum atomic E-state index is 5.95. The molecule has 0 spiro atoms. The van der Waals surface area contributed by atoms with Gasteiger partial charge in [-0.1, -0.05) is 11.6 Å². The summed E-state index contributed by atoms with van der Waals surface area (Å²) in [5, 5.41) is 3.45. The smallest absolute Gasteiger partial charge is 0.193 e. The van der Waals surface area contributed by atoms with Crippen LogP contribution in [0.3, 0.4) is 0 Å². The highest BCUT2D eigenvalue weighted by Crippen LogP contribution is 2.20. The summed E-state index contributed by atoms with van der Waals surface area (Å²) in [4.78, 5) is 7.24. The van der Waals surface area contributed by atoms with Gasteiger partial charge in [-0.2, -0.15) is 0 Å². The molecular weight excluding hydrogens is 429 g/mol. The molecule has 1 fully saturated rings. The maximum Gasteiger partial charge on any atom is 0.193 e. The number of rotatable bonds is 9. The molecule has 5 nitrogen and oxygen atoms in total. The van der Waals surface area contributed by atoms with Crippen molar-refractivity contribution >= 4 is 29.9 Å². The zero-order chi connectivity index (χ0) is 17.0. The topological polar surface area (TPSA) is 46.1 Å². The first-order valence-corrected chi connectivity index (χ1v) is 9.65. The summed E-state index contributed by atoms with van der Waals surface area (Å²) >= 11 is 0. The van der Waals surface area contributed by atoms with E-state index in [0.29, 0.717) is 6.10 Å². The molecule has 146 valence electrons. The highest BCUT2D eigenvalue weighted by atomic mass is 127. The third kappa shape index (κ3) is 8.73. The number of hydrogen-bond acceptors (Lipinski definition) is 3. The van der Waals surface area contributed by atoms with E-state index in [1.54, 1.807) is 12.7 Å². The molecule has 0 saturated carbocycles. The molecule has 0 amide bonds. The van der Waals surface area contributed by atoms with Crippen LogP contribution < -0.4 is 5.32 Å². The normalized spacial score (nSPS) is 18.9. The molecule has 1 aliphatic heterocycles. The van der Waals surface area contributed by atoms with Gasteiger partial charge in [0.05, 0.1) is 6.10 Å². The van der Waals surface area contributed by atoms with E-state index in [4.69, 9.17) is 14.5 Å². The van der Waals surface area contributed by atoms with Gasteiger partial charge in [-0.3, -0.25) is 4.99 Å². The van der Waals surface area contributed by atoms with Gasteiger partial charge in [0, 0.05) is 46.5 Å². The van der Waals surface area contributed by atoms with Gasteiger partial charge in [0.1, 0.15) is 0 Å². The number of methoxy groups -OCH3 is 1. The lowest BCUT2D eigenvalue weighted by Gasteiger charge is -2.34. The minimum Gasteiger partial charge on any atom is -0.385 e. The fourth-order valence-corrected chi connectivity index (χ4v) is 3.38. The van der Waals surface area contributed by atoms with E-state index >= 15 is 0 Å². The Morgan fingerprint density at radius 3 is 2.76 bits per heavy atom. The molecule has 25 heavy (non-hydrogen) atoms. The van der Waals surface area contributed by atoms with Crippen LogP contribution in [0.5, 0.6) is 0 Å². The van der Waals surface area contributed by atoms with E-state index in [9.17, 15) is 0 Å². The molecule has 1 aliphatic carbocycles.